The van der Waals surface area contributed by atoms with Crippen molar-refractivity contribution in [2.45, 2.75) is 18.9 Å². The van der Waals surface area contributed by atoms with Gasteiger partial charge in [0.2, 0.25) is 0 Å². The van der Waals surface area contributed by atoms with Crippen molar-refractivity contribution >= 4 is 0 Å². The van der Waals surface area contributed by atoms with E-state index in [0.717, 1.165) is 32.6 Å². The fourth-order valence-corrected chi connectivity index (χ4v) is 3.08. The molecule has 1 N–H and O–H groups in total. The van der Waals surface area contributed by atoms with Gasteiger partial charge in [0.1, 0.15) is 0 Å². The first-order chi connectivity index (χ1) is 10.3. The summed E-state index contributed by atoms with van der Waals surface area (Å²) in [7, 11) is 2.22. The van der Waals surface area contributed by atoms with Gasteiger partial charge < -0.3 is 10.2 Å². The maximum atomic E-state index is 4.07. The summed E-state index contributed by atoms with van der Waals surface area (Å²) in [4.78, 5) is 6.51. The van der Waals surface area contributed by atoms with Crippen LogP contribution >= 0.6 is 0 Å². The molecule has 2 heterocycles. The van der Waals surface area contributed by atoms with E-state index < -0.39 is 0 Å². The van der Waals surface area contributed by atoms with Crippen molar-refractivity contribution in [3.63, 3.8) is 0 Å². The fraction of sp³-hybridized carbons (Fsp3) is 0.389. The molecule has 0 saturated carbocycles. The molecular formula is C18H23N3. The Bertz CT molecular complexity index is 568. The van der Waals surface area contributed by atoms with Crippen LogP contribution in [0, 0.1) is 0 Å². The third-order valence-corrected chi connectivity index (χ3v) is 4.26. The molecule has 3 rings (SSSR count). The van der Waals surface area contributed by atoms with E-state index in [0.29, 0.717) is 5.92 Å². The van der Waals surface area contributed by atoms with E-state index in [9.17, 15) is 0 Å². The van der Waals surface area contributed by atoms with Crippen LogP contribution in [0.25, 0.3) is 0 Å². The van der Waals surface area contributed by atoms with Gasteiger partial charge in [0.15, 0.2) is 0 Å². The van der Waals surface area contributed by atoms with Gasteiger partial charge in [-0.25, -0.2) is 0 Å². The lowest BCUT2D eigenvalue weighted by atomic mass is 9.90. The molecule has 2 aromatic rings. The van der Waals surface area contributed by atoms with E-state index in [1.807, 2.05) is 12.4 Å². The molecule has 0 aliphatic carbocycles. The summed E-state index contributed by atoms with van der Waals surface area (Å²) >= 11 is 0. The Kier molecular flexibility index (Phi) is 4.63. The average Bonchev–Trinajstić information content (AvgIpc) is 2.54. The quantitative estimate of drug-likeness (QED) is 0.912. The van der Waals surface area contributed by atoms with Crippen LogP contribution in [0.5, 0.6) is 0 Å². The number of likely N-dealkylation sites (N-methyl/N-ethyl adjacent to an activating group) is 1. The maximum absolute atomic E-state index is 4.07. The molecule has 0 fully saturated rings. The third kappa shape index (κ3) is 3.69. The molecule has 0 spiro atoms. The minimum atomic E-state index is 0.595. The lowest BCUT2D eigenvalue weighted by Gasteiger charge is -2.30. The van der Waals surface area contributed by atoms with Crippen LogP contribution in [0.4, 0.5) is 0 Å². The Hall–Kier alpha value is -1.71. The van der Waals surface area contributed by atoms with Gasteiger partial charge in [0.05, 0.1) is 0 Å². The van der Waals surface area contributed by atoms with Crippen molar-refractivity contribution in [1.82, 2.24) is 15.2 Å². The monoisotopic (exact) mass is 281 g/mol. The fourth-order valence-electron chi connectivity index (χ4n) is 3.08. The van der Waals surface area contributed by atoms with Crippen molar-refractivity contribution in [2.24, 2.45) is 0 Å². The molecule has 0 saturated heterocycles. The number of nitrogens with zero attached hydrogens (tertiary/aromatic N) is 2. The van der Waals surface area contributed by atoms with E-state index in [1.165, 1.54) is 16.7 Å². The number of aromatic nitrogens is 1. The number of nitrogens with one attached hydrogen (secondary N) is 1. The average molecular weight is 281 g/mol. The second kappa shape index (κ2) is 6.83. The highest BCUT2D eigenvalue weighted by Crippen LogP contribution is 2.24. The van der Waals surface area contributed by atoms with Crippen LogP contribution < -0.4 is 5.32 Å². The smallest absolute Gasteiger partial charge is 0.0270 e. The molecule has 1 aliphatic heterocycles. The maximum Gasteiger partial charge on any atom is 0.0270 e. The topological polar surface area (TPSA) is 28.2 Å². The van der Waals surface area contributed by atoms with Crippen molar-refractivity contribution < 1.29 is 0 Å². The zero-order valence-electron chi connectivity index (χ0n) is 12.6. The van der Waals surface area contributed by atoms with E-state index in [2.05, 4.69) is 58.6 Å². The SMILES string of the molecule is CN(CCc1ccncc1)CC1CNCc2ccccc21. The molecule has 110 valence electrons. The molecule has 21 heavy (non-hydrogen) atoms. The predicted molar refractivity (Wildman–Crippen MR) is 86.3 cm³/mol. The minimum Gasteiger partial charge on any atom is -0.312 e. The second-order valence-electron chi connectivity index (χ2n) is 5.89. The van der Waals surface area contributed by atoms with Gasteiger partial charge in [0.25, 0.3) is 0 Å². The molecular weight excluding hydrogens is 258 g/mol. The summed E-state index contributed by atoms with van der Waals surface area (Å²) in [6.45, 7) is 4.28. The number of rotatable bonds is 5. The Balaban J connectivity index is 1.57. The summed E-state index contributed by atoms with van der Waals surface area (Å²) in [5.74, 6) is 0.595. The van der Waals surface area contributed by atoms with Crippen LogP contribution in [-0.2, 0) is 13.0 Å². The highest BCUT2D eigenvalue weighted by molar-refractivity contribution is 5.32. The number of hydrogen-bond acceptors (Lipinski definition) is 3. The molecule has 0 amide bonds. The molecule has 0 radical (unpaired) electrons. The number of benzene rings is 1. The first kappa shape index (κ1) is 14.2. The predicted octanol–water partition coefficient (Wildman–Crippen LogP) is 2.44. The second-order valence-corrected chi connectivity index (χ2v) is 5.89. The van der Waals surface area contributed by atoms with Crippen molar-refractivity contribution in [3.8, 4) is 0 Å². The third-order valence-electron chi connectivity index (χ3n) is 4.26. The summed E-state index contributed by atoms with van der Waals surface area (Å²) in [6, 6.07) is 13.0. The zero-order valence-corrected chi connectivity index (χ0v) is 12.6. The first-order valence-electron chi connectivity index (χ1n) is 7.69. The van der Waals surface area contributed by atoms with Crippen LogP contribution in [0.1, 0.15) is 22.6 Å². The van der Waals surface area contributed by atoms with Gasteiger partial charge >= 0.3 is 0 Å². The lowest BCUT2D eigenvalue weighted by Crippen LogP contribution is -2.36. The van der Waals surface area contributed by atoms with Crippen LogP contribution in [-0.4, -0.2) is 36.6 Å². The molecule has 0 bridgehead atoms. The van der Waals surface area contributed by atoms with E-state index in [4.69, 9.17) is 0 Å². The standard InChI is InChI=1S/C18H23N3/c1-21(11-8-15-6-9-19-10-7-15)14-17-13-20-12-16-4-2-3-5-18(16)17/h2-7,9-10,17,20H,8,11-14H2,1H3. The van der Waals surface area contributed by atoms with Crippen molar-refractivity contribution in [2.75, 3.05) is 26.7 Å². The van der Waals surface area contributed by atoms with Gasteiger partial charge in [-0.1, -0.05) is 24.3 Å². The van der Waals surface area contributed by atoms with Gasteiger partial charge in [-0.15, -0.1) is 0 Å². The summed E-state index contributed by atoms with van der Waals surface area (Å²) in [6.07, 6.45) is 4.83. The zero-order chi connectivity index (χ0) is 14.5. The molecule has 1 atom stereocenters. The lowest BCUT2D eigenvalue weighted by molar-refractivity contribution is 0.304. The number of fused-ring (bicyclic) bond motifs is 1. The van der Waals surface area contributed by atoms with Gasteiger partial charge in [-0.05, 0) is 42.3 Å². The van der Waals surface area contributed by atoms with E-state index in [1.54, 1.807) is 0 Å². The summed E-state index contributed by atoms with van der Waals surface area (Å²) in [5.41, 5.74) is 4.34. The Labute approximate surface area is 127 Å². The van der Waals surface area contributed by atoms with E-state index in [-0.39, 0.29) is 0 Å². The van der Waals surface area contributed by atoms with Crippen LogP contribution in [0.15, 0.2) is 48.8 Å². The first-order valence-corrected chi connectivity index (χ1v) is 7.69. The normalized spacial score (nSPS) is 17.7. The van der Waals surface area contributed by atoms with Crippen molar-refractivity contribution in [1.29, 1.82) is 0 Å². The van der Waals surface area contributed by atoms with Crippen molar-refractivity contribution in [3.05, 3.63) is 65.5 Å². The van der Waals surface area contributed by atoms with Gasteiger partial charge in [-0.3, -0.25) is 4.98 Å². The molecule has 3 heteroatoms. The van der Waals surface area contributed by atoms with E-state index >= 15 is 0 Å². The summed E-state index contributed by atoms with van der Waals surface area (Å²) in [5, 5.41) is 3.54. The Morgan fingerprint density at radius 3 is 2.86 bits per heavy atom. The van der Waals surface area contributed by atoms with Crippen LogP contribution in [0.3, 0.4) is 0 Å². The molecule has 1 aromatic heterocycles. The largest absolute Gasteiger partial charge is 0.312 e. The molecule has 3 nitrogen and oxygen atoms in total. The highest BCUT2D eigenvalue weighted by atomic mass is 15.1. The highest BCUT2D eigenvalue weighted by Gasteiger charge is 2.20. The minimum absolute atomic E-state index is 0.595. The number of pyridine rings is 1. The number of hydrogen-bond donors (Lipinski definition) is 1. The Morgan fingerprint density at radius 2 is 2.00 bits per heavy atom. The molecule has 1 aliphatic rings. The van der Waals surface area contributed by atoms with Crippen LogP contribution in [0.2, 0.25) is 0 Å². The molecule has 1 aromatic carbocycles. The van der Waals surface area contributed by atoms with Gasteiger partial charge in [-0.2, -0.15) is 0 Å². The summed E-state index contributed by atoms with van der Waals surface area (Å²) < 4.78 is 0. The Morgan fingerprint density at radius 1 is 1.19 bits per heavy atom. The van der Waals surface area contributed by atoms with Gasteiger partial charge in [0, 0.05) is 44.5 Å². The molecule has 1 unspecified atom stereocenters.